The summed E-state index contributed by atoms with van der Waals surface area (Å²) in [5.41, 5.74) is 10.3. The lowest BCUT2D eigenvalue weighted by Crippen LogP contribution is -2.31. The van der Waals surface area contributed by atoms with Crippen LogP contribution in [0.4, 0.5) is 5.82 Å². The number of carbonyl (C=O) groups excluding carboxylic acids is 1. The van der Waals surface area contributed by atoms with Gasteiger partial charge in [-0.05, 0) is 60.9 Å². The van der Waals surface area contributed by atoms with E-state index in [9.17, 15) is 4.79 Å². The molecule has 168 valence electrons. The van der Waals surface area contributed by atoms with E-state index >= 15 is 0 Å². The van der Waals surface area contributed by atoms with E-state index in [1.54, 1.807) is 25.1 Å². The number of benzene rings is 1. The van der Waals surface area contributed by atoms with Gasteiger partial charge in [-0.25, -0.2) is 10.1 Å². The zero-order valence-corrected chi connectivity index (χ0v) is 18.8. The van der Waals surface area contributed by atoms with Gasteiger partial charge >= 0.3 is 0 Å². The third kappa shape index (κ3) is 4.74. The van der Waals surface area contributed by atoms with Crippen LogP contribution in [0.3, 0.4) is 0 Å². The van der Waals surface area contributed by atoms with Crippen molar-refractivity contribution in [3.8, 4) is 5.82 Å². The topological polar surface area (TPSA) is 140 Å². The van der Waals surface area contributed by atoms with Gasteiger partial charge in [-0.2, -0.15) is 9.78 Å². The lowest BCUT2D eigenvalue weighted by atomic mass is 10.1. The number of carbonyl (C=O) groups is 1. The molecule has 2 aromatic heterocycles. The van der Waals surface area contributed by atoms with Crippen molar-refractivity contribution in [2.75, 3.05) is 18.8 Å². The summed E-state index contributed by atoms with van der Waals surface area (Å²) in [5, 5.41) is 20.5. The SMILES string of the molecule is C/C(=N\NC(=O)c1nnn(-c2nonc2N)c1CN1CCCCC1)c1ccc(Cl)c(Cl)c1. The van der Waals surface area contributed by atoms with E-state index in [4.69, 9.17) is 33.6 Å². The minimum atomic E-state index is -0.516. The van der Waals surface area contributed by atoms with Crippen molar-refractivity contribution in [3.05, 3.63) is 45.2 Å². The Hall–Kier alpha value is -3.02. The standard InChI is InChI=1S/C19H21Cl2N9O2/c1-11(12-5-6-13(20)14(21)9-12)23-25-19(31)16-15(10-29-7-3-2-4-8-29)30(28-24-16)18-17(22)26-32-27-18/h5-6,9H,2-4,7-8,10H2,1H3,(H2,22,26)(H,25,31)/b23-11+. The second-order valence-corrected chi connectivity index (χ2v) is 8.19. The molecule has 32 heavy (non-hydrogen) atoms. The number of nitrogens with one attached hydrogen (secondary N) is 1. The maximum Gasteiger partial charge on any atom is 0.293 e. The Bertz CT molecular complexity index is 1150. The first-order chi connectivity index (χ1) is 15.4. The lowest BCUT2D eigenvalue weighted by Gasteiger charge is -2.26. The minimum absolute atomic E-state index is 0.0511. The molecular weight excluding hydrogens is 457 g/mol. The summed E-state index contributed by atoms with van der Waals surface area (Å²) >= 11 is 12.0. The molecular formula is C19H21Cl2N9O2. The Morgan fingerprint density at radius 1 is 1.22 bits per heavy atom. The number of hydrogen-bond donors (Lipinski definition) is 2. The van der Waals surface area contributed by atoms with Crippen molar-refractivity contribution in [1.82, 2.24) is 35.6 Å². The first-order valence-corrected chi connectivity index (χ1v) is 10.7. The largest absolute Gasteiger partial charge is 0.378 e. The zero-order chi connectivity index (χ0) is 22.7. The van der Waals surface area contributed by atoms with Gasteiger partial charge < -0.3 is 5.73 Å². The Morgan fingerprint density at radius 2 is 2.00 bits per heavy atom. The van der Waals surface area contributed by atoms with Gasteiger partial charge in [0.15, 0.2) is 5.69 Å². The number of nitrogens with two attached hydrogens (primary N) is 1. The second-order valence-electron chi connectivity index (χ2n) is 7.37. The molecule has 0 radical (unpaired) electrons. The van der Waals surface area contributed by atoms with Gasteiger partial charge in [0.05, 0.1) is 21.5 Å². The smallest absolute Gasteiger partial charge is 0.293 e. The second kappa shape index (κ2) is 9.63. The number of halogens is 2. The molecule has 1 amide bonds. The normalized spacial score (nSPS) is 15.2. The molecule has 1 fully saturated rings. The zero-order valence-electron chi connectivity index (χ0n) is 17.3. The highest BCUT2D eigenvalue weighted by atomic mass is 35.5. The summed E-state index contributed by atoms with van der Waals surface area (Å²) in [5.74, 6) is -0.285. The summed E-state index contributed by atoms with van der Waals surface area (Å²) in [6.07, 6.45) is 3.36. The maximum atomic E-state index is 12.9. The number of hydrogen-bond acceptors (Lipinski definition) is 9. The van der Waals surface area contributed by atoms with Crippen molar-refractivity contribution in [1.29, 1.82) is 0 Å². The van der Waals surface area contributed by atoms with E-state index in [1.807, 2.05) is 0 Å². The number of anilines is 1. The number of likely N-dealkylation sites (tertiary alicyclic amines) is 1. The molecule has 1 aliphatic heterocycles. The Balaban J connectivity index is 1.60. The highest BCUT2D eigenvalue weighted by molar-refractivity contribution is 6.42. The average molecular weight is 478 g/mol. The highest BCUT2D eigenvalue weighted by Crippen LogP contribution is 2.23. The number of amides is 1. The van der Waals surface area contributed by atoms with Gasteiger partial charge in [-0.15, -0.1) is 5.10 Å². The van der Waals surface area contributed by atoms with Crippen LogP contribution in [0.1, 0.15) is 47.9 Å². The number of hydrazone groups is 1. The van der Waals surface area contributed by atoms with Gasteiger partial charge in [-0.3, -0.25) is 9.69 Å². The fourth-order valence-corrected chi connectivity index (χ4v) is 3.73. The van der Waals surface area contributed by atoms with Crippen LogP contribution < -0.4 is 11.2 Å². The van der Waals surface area contributed by atoms with Crippen LogP contribution in [0.2, 0.25) is 10.0 Å². The van der Waals surface area contributed by atoms with Crippen molar-refractivity contribution >= 4 is 40.6 Å². The number of rotatable bonds is 6. The van der Waals surface area contributed by atoms with Crippen LogP contribution in [0.25, 0.3) is 5.82 Å². The molecule has 3 aromatic rings. The summed E-state index contributed by atoms with van der Waals surface area (Å²) in [4.78, 5) is 15.2. The third-order valence-corrected chi connectivity index (χ3v) is 5.90. The number of nitrogens with zero attached hydrogens (tertiary/aromatic N) is 7. The van der Waals surface area contributed by atoms with Crippen molar-refractivity contribution < 1.29 is 9.42 Å². The van der Waals surface area contributed by atoms with Crippen molar-refractivity contribution in [2.45, 2.75) is 32.7 Å². The van der Waals surface area contributed by atoms with E-state index in [0.29, 0.717) is 28.0 Å². The van der Waals surface area contributed by atoms with Crippen LogP contribution >= 0.6 is 23.2 Å². The predicted octanol–water partition coefficient (Wildman–Crippen LogP) is 2.68. The van der Waals surface area contributed by atoms with E-state index in [2.05, 4.69) is 36.1 Å². The highest BCUT2D eigenvalue weighted by Gasteiger charge is 2.26. The molecule has 0 bridgehead atoms. The number of aromatic nitrogens is 5. The summed E-state index contributed by atoms with van der Waals surface area (Å²) in [7, 11) is 0. The summed E-state index contributed by atoms with van der Waals surface area (Å²) in [6, 6.07) is 5.10. The van der Waals surface area contributed by atoms with Crippen LogP contribution in [-0.4, -0.2) is 54.9 Å². The molecule has 13 heteroatoms. The molecule has 0 aliphatic carbocycles. The van der Waals surface area contributed by atoms with Gasteiger partial charge in [0.2, 0.25) is 11.6 Å². The molecule has 1 saturated heterocycles. The molecule has 3 heterocycles. The van der Waals surface area contributed by atoms with E-state index in [-0.39, 0.29) is 17.3 Å². The van der Waals surface area contributed by atoms with Gasteiger partial charge in [0, 0.05) is 6.54 Å². The molecule has 0 saturated carbocycles. The molecule has 1 aliphatic rings. The van der Waals surface area contributed by atoms with E-state index < -0.39 is 5.91 Å². The first-order valence-electron chi connectivity index (χ1n) is 9.99. The Kier molecular flexibility index (Phi) is 6.68. The summed E-state index contributed by atoms with van der Waals surface area (Å²) in [6.45, 7) is 4.01. The predicted molar refractivity (Wildman–Crippen MR) is 119 cm³/mol. The fraction of sp³-hybridized carbons (Fsp3) is 0.368. The molecule has 3 N–H and O–H groups in total. The Labute approximate surface area is 193 Å². The van der Waals surface area contributed by atoms with Gasteiger partial charge in [-0.1, -0.05) is 40.9 Å². The maximum absolute atomic E-state index is 12.9. The van der Waals surface area contributed by atoms with Gasteiger partial charge in [0.1, 0.15) is 0 Å². The van der Waals surface area contributed by atoms with Crippen molar-refractivity contribution in [2.24, 2.45) is 5.10 Å². The van der Waals surface area contributed by atoms with Crippen LogP contribution in [-0.2, 0) is 6.54 Å². The molecule has 1 aromatic carbocycles. The molecule has 4 rings (SSSR count). The molecule has 0 unspecified atom stereocenters. The van der Waals surface area contributed by atoms with Crippen LogP contribution in [0.15, 0.2) is 27.9 Å². The monoisotopic (exact) mass is 477 g/mol. The summed E-state index contributed by atoms with van der Waals surface area (Å²) < 4.78 is 6.07. The minimum Gasteiger partial charge on any atom is -0.378 e. The van der Waals surface area contributed by atoms with E-state index in [0.717, 1.165) is 31.5 Å². The quantitative estimate of drug-likeness (QED) is 0.407. The van der Waals surface area contributed by atoms with Gasteiger partial charge in [0.25, 0.3) is 5.91 Å². The van der Waals surface area contributed by atoms with Crippen LogP contribution in [0.5, 0.6) is 0 Å². The Morgan fingerprint density at radius 3 is 2.69 bits per heavy atom. The number of piperidine rings is 1. The van der Waals surface area contributed by atoms with Crippen LogP contribution in [0, 0.1) is 0 Å². The molecule has 11 nitrogen and oxygen atoms in total. The molecule has 0 atom stereocenters. The third-order valence-electron chi connectivity index (χ3n) is 5.16. The number of nitrogen functional groups attached to an aromatic ring is 1. The van der Waals surface area contributed by atoms with Crippen molar-refractivity contribution in [3.63, 3.8) is 0 Å². The average Bonchev–Trinajstić information content (AvgIpc) is 3.40. The fourth-order valence-electron chi connectivity index (χ4n) is 3.43. The van der Waals surface area contributed by atoms with E-state index in [1.165, 1.54) is 11.1 Å². The molecule has 0 spiro atoms. The first kappa shape index (κ1) is 22.2. The lowest BCUT2D eigenvalue weighted by molar-refractivity contribution is 0.0947.